The van der Waals surface area contributed by atoms with Crippen LogP contribution in [0.3, 0.4) is 0 Å². The number of pyridine rings is 1. The van der Waals surface area contributed by atoms with E-state index in [1.807, 2.05) is 16.7 Å². The second-order valence-corrected chi connectivity index (χ2v) is 3.90. The molecule has 1 aliphatic carbocycles. The Bertz CT molecular complexity index is 457. The van der Waals surface area contributed by atoms with E-state index in [0.717, 1.165) is 11.6 Å². The molecule has 0 spiro atoms. The van der Waals surface area contributed by atoms with E-state index in [4.69, 9.17) is 11.6 Å². The Balaban J connectivity index is 2.33. The molecule has 0 aromatic carbocycles. The van der Waals surface area contributed by atoms with Crippen molar-refractivity contribution >= 4 is 17.2 Å². The van der Waals surface area contributed by atoms with Crippen LogP contribution in [0.2, 0.25) is 5.15 Å². The fourth-order valence-electron chi connectivity index (χ4n) is 1.72. The van der Waals surface area contributed by atoms with Gasteiger partial charge < -0.3 is 0 Å². The molecule has 1 saturated carbocycles. The van der Waals surface area contributed by atoms with E-state index in [9.17, 15) is 0 Å². The Morgan fingerprint density at radius 1 is 1.46 bits per heavy atom. The molecule has 0 aliphatic heterocycles. The zero-order chi connectivity index (χ0) is 8.84. The molecular formula is C10H9ClN2. The first-order chi connectivity index (χ1) is 6.36. The van der Waals surface area contributed by atoms with Crippen LogP contribution in [0.5, 0.6) is 0 Å². The van der Waals surface area contributed by atoms with Crippen molar-refractivity contribution in [3.8, 4) is 0 Å². The molecule has 1 fully saturated rings. The van der Waals surface area contributed by atoms with E-state index in [1.54, 1.807) is 6.20 Å². The highest BCUT2D eigenvalue weighted by Gasteiger charge is 2.26. The zero-order valence-electron chi connectivity index (χ0n) is 7.07. The molecule has 2 nitrogen and oxygen atoms in total. The highest BCUT2D eigenvalue weighted by atomic mass is 35.5. The molecule has 2 aromatic heterocycles. The summed E-state index contributed by atoms with van der Waals surface area (Å²) in [6.07, 6.45) is 6.26. The van der Waals surface area contributed by atoms with Gasteiger partial charge in [0.05, 0.1) is 6.20 Å². The Hall–Kier alpha value is -1.02. The number of fused-ring (bicyclic) bond motifs is 1. The van der Waals surface area contributed by atoms with Crippen molar-refractivity contribution in [3.63, 3.8) is 0 Å². The van der Waals surface area contributed by atoms with E-state index in [1.165, 1.54) is 18.4 Å². The molecule has 13 heavy (non-hydrogen) atoms. The lowest BCUT2D eigenvalue weighted by atomic mass is 10.2. The monoisotopic (exact) mass is 192 g/mol. The second kappa shape index (κ2) is 2.48. The molecule has 0 radical (unpaired) electrons. The van der Waals surface area contributed by atoms with Gasteiger partial charge in [0.15, 0.2) is 0 Å². The molecule has 0 atom stereocenters. The number of halogens is 1. The molecule has 1 aliphatic rings. The highest BCUT2D eigenvalue weighted by molar-refractivity contribution is 6.29. The number of hydrogen-bond donors (Lipinski definition) is 0. The normalized spacial score (nSPS) is 16.7. The first kappa shape index (κ1) is 7.39. The topological polar surface area (TPSA) is 17.3 Å². The summed E-state index contributed by atoms with van der Waals surface area (Å²) in [7, 11) is 0. The van der Waals surface area contributed by atoms with Gasteiger partial charge in [0.2, 0.25) is 0 Å². The van der Waals surface area contributed by atoms with Gasteiger partial charge in [0, 0.05) is 6.20 Å². The number of aromatic nitrogens is 2. The Kier molecular flexibility index (Phi) is 1.41. The SMILES string of the molecule is Clc1cnc2c(C3CC3)cccn12. The van der Waals surface area contributed by atoms with Gasteiger partial charge in [-0.2, -0.15) is 0 Å². The molecule has 2 aromatic rings. The van der Waals surface area contributed by atoms with Gasteiger partial charge in [-0.3, -0.25) is 4.40 Å². The molecule has 66 valence electrons. The molecule has 0 N–H and O–H groups in total. The van der Waals surface area contributed by atoms with Crippen molar-refractivity contribution in [2.45, 2.75) is 18.8 Å². The predicted molar refractivity (Wildman–Crippen MR) is 52.2 cm³/mol. The van der Waals surface area contributed by atoms with Crippen molar-refractivity contribution in [2.75, 3.05) is 0 Å². The number of rotatable bonds is 1. The first-order valence-corrected chi connectivity index (χ1v) is 4.85. The largest absolute Gasteiger partial charge is 0.290 e. The first-order valence-electron chi connectivity index (χ1n) is 4.48. The van der Waals surface area contributed by atoms with Crippen LogP contribution in [0.25, 0.3) is 5.65 Å². The van der Waals surface area contributed by atoms with Crippen LogP contribution in [0, 0.1) is 0 Å². The van der Waals surface area contributed by atoms with Gasteiger partial charge in [0.25, 0.3) is 0 Å². The van der Waals surface area contributed by atoms with Gasteiger partial charge in [-0.25, -0.2) is 4.98 Å². The molecule has 0 bridgehead atoms. The van der Waals surface area contributed by atoms with E-state index in [0.29, 0.717) is 5.15 Å². The minimum atomic E-state index is 0.692. The maximum absolute atomic E-state index is 5.97. The van der Waals surface area contributed by atoms with Crippen LogP contribution in [-0.4, -0.2) is 9.38 Å². The maximum atomic E-state index is 5.97. The standard InChI is InChI=1S/C10H9ClN2/c11-9-6-12-10-8(7-3-4-7)2-1-5-13(9)10/h1-2,5-7H,3-4H2. The minimum absolute atomic E-state index is 0.692. The predicted octanol–water partition coefficient (Wildman–Crippen LogP) is 2.87. The fraction of sp³-hybridized carbons (Fsp3) is 0.300. The lowest BCUT2D eigenvalue weighted by Crippen LogP contribution is -1.89. The van der Waals surface area contributed by atoms with E-state index < -0.39 is 0 Å². The Morgan fingerprint density at radius 2 is 2.31 bits per heavy atom. The molecular weight excluding hydrogens is 184 g/mol. The van der Waals surface area contributed by atoms with Crippen molar-refractivity contribution in [1.82, 2.24) is 9.38 Å². The van der Waals surface area contributed by atoms with E-state index >= 15 is 0 Å². The third-order valence-corrected chi connectivity index (χ3v) is 2.82. The summed E-state index contributed by atoms with van der Waals surface area (Å²) in [5.74, 6) is 0.724. The summed E-state index contributed by atoms with van der Waals surface area (Å²) < 4.78 is 1.94. The molecule has 2 heterocycles. The summed E-state index contributed by atoms with van der Waals surface area (Å²) >= 11 is 5.97. The molecule has 0 saturated heterocycles. The number of imidazole rings is 1. The van der Waals surface area contributed by atoms with Crippen LogP contribution >= 0.6 is 11.6 Å². The van der Waals surface area contributed by atoms with Crippen LogP contribution < -0.4 is 0 Å². The summed E-state index contributed by atoms with van der Waals surface area (Å²) in [6, 6.07) is 4.19. The summed E-state index contributed by atoms with van der Waals surface area (Å²) in [5, 5.41) is 0.692. The van der Waals surface area contributed by atoms with Crippen molar-refractivity contribution in [3.05, 3.63) is 35.2 Å². The van der Waals surface area contributed by atoms with Crippen molar-refractivity contribution in [1.29, 1.82) is 0 Å². The van der Waals surface area contributed by atoms with Gasteiger partial charge in [-0.15, -0.1) is 0 Å². The quantitative estimate of drug-likeness (QED) is 0.679. The average molecular weight is 193 g/mol. The minimum Gasteiger partial charge on any atom is -0.290 e. The maximum Gasteiger partial charge on any atom is 0.141 e. The van der Waals surface area contributed by atoms with Crippen LogP contribution in [0.1, 0.15) is 24.3 Å². The number of hydrogen-bond acceptors (Lipinski definition) is 1. The lowest BCUT2D eigenvalue weighted by Gasteiger charge is -2.00. The Labute approximate surface area is 81.2 Å². The third-order valence-electron chi connectivity index (χ3n) is 2.54. The molecule has 3 heteroatoms. The highest BCUT2D eigenvalue weighted by Crippen LogP contribution is 2.41. The smallest absolute Gasteiger partial charge is 0.141 e. The fourth-order valence-corrected chi connectivity index (χ4v) is 1.90. The molecule has 3 rings (SSSR count). The number of nitrogens with zero attached hydrogens (tertiary/aromatic N) is 2. The van der Waals surface area contributed by atoms with Crippen molar-refractivity contribution in [2.24, 2.45) is 0 Å². The second-order valence-electron chi connectivity index (χ2n) is 3.51. The van der Waals surface area contributed by atoms with Gasteiger partial charge in [-0.1, -0.05) is 17.7 Å². The van der Waals surface area contributed by atoms with Crippen LogP contribution in [-0.2, 0) is 0 Å². The zero-order valence-corrected chi connectivity index (χ0v) is 7.83. The third kappa shape index (κ3) is 1.05. The molecule has 0 amide bonds. The van der Waals surface area contributed by atoms with E-state index in [-0.39, 0.29) is 0 Å². The van der Waals surface area contributed by atoms with E-state index in [2.05, 4.69) is 11.1 Å². The van der Waals surface area contributed by atoms with Crippen LogP contribution in [0.15, 0.2) is 24.5 Å². The summed E-state index contributed by atoms with van der Waals surface area (Å²) in [5.41, 5.74) is 2.37. The van der Waals surface area contributed by atoms with Gasteiger partial charge >= 0.3 is 0 Å². The van der Waals surface area contributed by atoms with Crippen LogP contribution in [0.4, 0.5) is 0 Å². The molecule has 0 unspecified atom stereocenters. The van der Waals surface area contributed by atoms with Gasteiger partial charge in [-0.05, 0) is 30.4 Å². The summed E-state index contributed by atoms with van der Waals surface area (Å²) in [4.78, 5) is 4.31. The van der Waals surface area contributed by atoms with Crippen molar-refractivity contribution < 1.29 is 0 Å². The lowest BCUT2D eigenvalue weighted by molar-refractivity contribution is 1.08. The van der Waals surface area contributed by atoms with Gasteiger partial charge in [0.1, 0.15) is 10.8 Å². The summed E-state index contributed by atoms with van der Waals surface area (Å²) in [6.45, 7) is 0. The average Bonchev–Trinajstić information content (AvgIpc) is 2.92. The Morgan fingerprint density at radius 3 is 3.08 bits per heavy atom.